The molecule has 0 heterocycles. The fourth-order valence-corrected chi connectivity index (χ4v) is 4.06. The Morgan fingerprint density at radius 2 is 1.86 bits per heavy atom. The summed E-state index contributed by atoms with van der Waals surface area (Å²) in [7, 11) is 1.69. The van der Waals surface area contributed by atoms with Gasteiger partial charge in [-0.2, -0.15) is 0 Å². The Kier molecular flexibility index (Phi) is 2.03. The largest absolute Gasteiger partial charge is 0.399 e. The first kappa shape index (κ1) is 8.75. The van der Waals surface area contributed by atoms with E-state index in [0.717, 1.165) is 23.7 Å². The first-order chi connectivity index (χ1) is 6.88. The first-order valence-electron chi connectivity index (χ1n) is 5.99. The zero-order valence-electron chi connectivity index (χ0n) is 8.91. The van der Waals surface area contributed by atoms with Gasteiger partial charge in [-0.15, -0.1) is 0 Å². The maximum absolute atomic E-state index is 5.01. The van der Waals surface area contributed by atoms with Crippen LogP contribution in [0.15, 0.2) is 5.16 Å². The maximum atomic E-state index is 5.01. The lowest BCUT2D eigenvalue weighted by atomic mass is 9.78. The normalized spacial score (nSPS) is 48.2. The molecule has 78 valence electrons. The summed E-state index contributed by atoms with van der Waals surface area (Å²) in [6, 6.07) is 0. The van der Waals surface area contributed by atoms with Crippen molar-refractivity contribution in [3.8, 4) is 0 Å². The van der Waals surface area contributed by atoms with E-state index in [2.05, 4.69) is 5.16 Å². The molecule has 3 fully saturated rings. The zero-order chi connectivity index (χ0) is 9.54. The molecule has 0 radical (unpaired) electrons. The Hall–Kier alpha value is -0.530. The molecule has 3 saturated carbocycles. The Morgan fingerprint density at radius 1 is 1.07 bits per heavy atom. The van der Waals surface area contributed by atoms with E-state index in [1.807, 2.05) is 0 Å². The summed E-state index contributed by atoms with van der Waals surface area (Å²) >= 11 is 0. The summed E-state index contributed by atoms with van der Waals surface area (Å²) in [5, 5.41) is 4.30. The predicted molar refractivity (Wildman–Crippen MR) is 56.1 cm³/mol. The third-order valence-corrected chi connectivity index (χ3v) is 4.59. The molecule has 3 aliphatic carbocycles. The highest BCUT2D eigenvalue weighted by Crippen LogP contribution is 2.52. The number of hydrogen-bond donors (Lipinski definition) is 0. The summed E-state index contributed by atoms with van der Waals surface area (Å²) in [5.41, 5.74) is 1.41. The van der Waals surface area contributed by atoms with Gasteiger partial charge in [0, 0.05) is 11.8 Å². The molecular weight excluding hydrogens is 174 g/mol. The van der Waals surface area contributed by atoms with Crippen molar-refractivity contribution in [1.82, 2.24) is 0 Å². The highest BCUT2D eigenvalue weighted by molar-refractivity contribution is 5.90. The highest BCUT2D eigenvalue weighted by atomic mass is 16.6. The van der Waals surface area contributed by atoms with E-state index in [1.165, 1.54) is 44.2 Å². The molecule has 0 spiro atoms. The van der Waals surface area contributed by atoms with Gasteiger partial charge in [-0.1, -0.05) is 18.0 Å². The van der Waals surface area contributed by atoms with Crippen molar-refractivity contribution in [3.63, 3.8) is 0 Å². The van der Waals surface area contributed by atoms with Gasteiger partial charge >= 0.3 is 0 Å². The second-order valence-electron chi connectivity index (χ2n) is 5.25. The van der Waals surface area contributed by atoms with Crippen molar-refractivity contribution in [2.45, 2.75) is 38.5 Å². The molecule has 0 aromatic heterocycles. The van der Waals surface area contributed by atoms with Crippen molar-refractivity contribution in [2.24, 2.45) is 28.8 Å². The summed E-state index contributed by atoms with van der Waals surface area (Å²) < 4.78 is 0. The van der Waals surface area contributed by atoms with Crippen LogP contribution in [-0.2, 0) is 4.84 Å². The Labute approximate surface area is 85.7 Å². The molecule has 0 aromatic rings. The van der Waals surface area contributed by atoms with Crippen LogP contribution in [0.4, 0.5) is 0 Å². The van der Waals surface area contributed by atoms with E-state index in [9.17, 15) is 0 Å². The third kappa shape index (κ3) is 1.19. The molecule has 3 bridgehead atoms. The van der Waals surface area contributed by atoms with Crippen LogP contribution >= 0.6 is 0 Å². The monoisotopic (exact) mass is 193 g/mol. The molecule has 2 heteroatoms. The van der Waals surface area contributed by atoms with E-state index in [1.54, 1.807) is 7.11 Å². The minimum Gasteiger partial charge on any atom is -0.399 e. The lowest BCUT2D eigenvalue weighted by Crippen LogP contribution is -2.27. The van der Waals surface area contributed by atoms with Gasteiger partial charge < -0.3 is 4.84 Å². The van der Waals surface area contributed by atoms with Gasteiger partial charge in [0.15, 0.2) is 0 Å². The second kappa shape index (κ2) is 3.25. The quantitative estimate of drug-likeness (QED) is 0.587. The van der Waals surface area contributed by atoms with Crippen LogP contribution in [0.1, 0.15) is 38.5 Å². The molecule has 2 nitrogen and oxygen atoms in total. The molecule has 3 rings (SSSR count). The number of rotatable bonds is 1. The number of hydrogen-bond acceptors (Lipinski definition) is 2. The van der Waals surface area contributed by atoms with Crippen molar-refractivity contribution in [1.29, 1.82) is 0 Å². The molecule has 0 amide bonds. The lowest BCUT2D eigenvalue weighted by Gasteiger charge is -2.28. The number of oxime groups is 1. The molecule has 4 atom stereocenters. The molecular formula is C12H19NO. The van der Waals surface area contributed by atoms with Gasteiger partial charge in [0.1, 0.15) is 7.11 Å². The van der Waals surface area contributed by atoms with E-state index >= 15 is 0 Å². The third-order valence-electron chi connectivity index (χ3n) is 4.59. The summed E-state index contributed by atoms with van der Waals surface area (Å²) in [6.45, 7) is 0. The number of fused-ring (bicyclic) bond motifs is 2. The molecule has 14 heavy (non-hydrogen) atoms. The van der Waals surface area contributed by atoms with Gasteiger partial charge in [-0.25, -0.2) is 0 Å². The number of nitrogens with zero attached hydrogens (tertiary/aromatic N) is 1. The van der Waals surface area contributed by atoms with E-state index in [4.69, 9.17) is 4.84 Å². The highest BCUT2D eigenvalue weighted by Gasteiger charge is 2.46. The topological polar surface area (TPSA) is 21.6 Å². The molecule has 0 aliphatic heterocycles. The van der Waals surface area contributed by atoms with Crippen LogP contribution in [0, 0.1) is 23.7 Å². The van der Waals surface area contributed by atoms with E-state index in [0.29, 0.717) is 0 Å². The average molecular weight is 193 g/mol. The summed E-state index contributed by atoms with van der Waals surface area (Å²) in [5.74, 6) is 3.60. The SMILES string of the molecule is CO/N=C1/C2CCCC3CC1CC3C2. The molecule has 0 saturated heterocycles. The Balaban J connectivity index is 1.92. The van der Waals surface area contributed by atoms with Crippen molar-refractivity contribution >= 4 is 5.71 Å². The van der Waals surface area contributed by atoms with Crippen molar-refractivity contribution < 1.29 is 4.84 Å². The van der Waals surface area contributed by atoms with E-state index < -0.39 is 0 Å². The van der Waals surface area contributed by atoms with E-state index in [-0.39, 0.29) is 0 Å². The molecule has 4 unspecified atom stereocenters. The maximum Gasteiger partial charge on any atom is 0.106 e. The van der Waals surface area contributed by atoms with Gasteiger partial charge in [0.05, 0.1) is 5.71 Å². The Morgan fingerprint density at radius 3 is 2.71 bits per heavy atom. The average Bonchev–Trinajstić information content (AvgIpc) is 2.42. The van der Waals surface area contributed by atoms with Crippen LogP contribution in [0.2, 0.25) is 0 Å². The minimum atomic E-state index is 0.770. The molecule has 3 aliphatic rings. The van der Waals surface area contributed by atoms with Crippen LogP contribution in [0.3, 0.4) is 0 Å². The van der Waals surface area contributed by atoms with Crippen LogP contribution in [0.25, 0.3) is 0 Å². The fourth-order valence-electron chi connectivity index (χ4n) is 4.06. The minimum absolute atomic E-state index is 0.770. The van der Waals surface area contributed by atoms with Gasteiger partial charge in [-0.05, 0) is 37.5 Å². The summed E-state index contributed by atoms with van der Waals surface area (Å²) in [4.78, 5) is 5.01. The van der Waals surface area contributed by atoms with Crippen molar-refractivity contribution in [2.75, 3.05) is 7.11 Å². The standard InChI is InChI=1S/C12H19NO/c1-14-13-12-9-4-2-3-8-5-11(12)7-10(8)6-9/h8-11H,2-7H2,1H3/b13-12-. The zero-order valence-corrected chi connectivity index (χ0v) is 8.91. The Bertz CT molecular complexity index is 261. The lowest BCUT2D eigenvalue weighted by molar-refractivity contribution is 0.204. The van der Waals surface area contributed by atoms with Crippen LogP contribution in [0.5, 0.6) is 0 Å². The smallest absolute Gasteiger partial charge is 0.106 e. The van der Waals surface area contributed by atoms with Gasteiger partial charge in [0.2, 0.25) is 0 Å². The van der Waals surface area contributed by atoms with Gasteiger partial charge in [-0.3, -0.25) is 0 Å². The fraction of sp³-hybridized carbons (Fsp3) is 0.917. The van der Waals surface area contributed by atoms with Crippen LogP contribution < -0.4 is 0 Å². The first-order valence-corrected chi connectivity index (χ1v) is 5.99. The second-order valence-corrected chi connectivity index (χ2v) is 5.25. The van der Waals surface area contributed by atoms with Crippen LogP contribution in [-0.4, -0.2) is 12.8 Å². The predicted octanol–water partition coefficient (Wildman–Crippen LogP) is 2.84. The summed E-state index contributed by atoms with van der Waals surface area (Å²) in [6.07, 6.45) is 8.49. The van der Waals surface area contributed by atoms with Gasteiger partial charge in [0.25, 0.3) is 0 Å². The van der Waals surface area contributed by atoms with Crippen molar-refractivity contribution in [3.05, 3.63) is 0 Å². The molecule has 0 aromatic carbocycles. The molecule has 0 N–H and O–H groups in total.